The standard InChI is InChI=1S/C12H11ClN2O3S/c1-2-3-10-14-12(19-15-10)18-9-5-4-7(13)6-8(9)11(16)17/h4-6H,2-3H2,1H3,(H,16,17). The lowest BCUT2D eigenvalue weighted by atomic mass is 10.2. The summed E-state index contributed by atoms with van der Waals surface area (Å²) in [7, 11) is 0. The first-order chi connectivity index (χ1) is 9.10. The number of aromatic carboxylic acids is 1. The number of carboxylic acid groups (broad SMARTS) is 1. The Labute approximate surface area is 119 Å². The Bertz CT molecular complexity index is 600. The number of hydrogen-bond donors (Lipinski definition) is 1. The number of rotatable bonds is 5. The van der Waals surface area contributed by atoms with Gasteiger partial charge in [-0.05, 0) is 24.6 Å². The molecule has 0 fully saturated rings. The summed E-state index contributed by atoms with van der Waals surface area (Å²) in [5, 5.41) is 9.75. The smallest absolute Gasteiger partial charge is 0.339 e. The summed E-state index contributed by atoms with van der Waals surface area (Å²) in [5.41, 5.74) is -0.000239. The summed E-state index contributed by atoms with van der Waals surface area (Å²) >= 11 is 6.86. The SMILES string of the molecule is CCCc1nsc(Oc2ccc(Cl)cc2C(=O)O)n1. The number of carboxylic acids is 1. The molecule has 0 bridgehead atoms. The van der Waals surface area contributed by atoms with Crippen LogP contribution in [0.15, 0.2) is 18.2 Å². The fraction of sp³-hybridized carbons (Fsp3) is 0.250. The Kier molecular flexibility index (Phi) is 4.34. The van der Waals surface area contributed by atoms with Gasteiger partial charge < -0.3 is 9.84 Å². The lowest BCUT2D eigenvalue weighted by Gasteiger charge is -2.05. The Morgan fingerprint density at radius 2 is 2.32 bits per heavy atom. The molecule has 0 amide bonds. The van der Waals surface area contributed by atoms with Crippen molar-refractivity contribution in [1.82, 2.24) is 9.36 Å². The van der Waals surface area contributed by atoms with Gasteiger partial charge in [-0.3, -0.25) is 0 Å². The van der Waals surface area contributed by atoms with Crippen molar-refractivity contribution in [1.29, 1.82) is 0 Å². The molecule has 0 aliphatic heterocycles. The third kappa shape index (κ3) is 3.42. The highest BCUT2D eigenvalue weighted by Crippen LogP contribution is 2.29. The maximum absolute atomic E-state index is 11.1. The Hall–Kier alpha value is -1.66. The number of carbonyl (C=O) groups is 1. The molecular formula is C12H11ClN2O3S. The van der Waals surface area contributed by atoms with Gasteiger partial charge in [0.25, 0.3) is 5.19 Å². The number of nitrogens with zero attached hydrogens (tertiary/aromatic N) is 2. The normalized spacial score (nSPS) is 10.4. The van der Waals surface area contributed by atoms with Crippen molar-refractivity contribution >= 4 is 29.1 Å². The van der Waals surface area contributed by atoms with Gasteiger partial charge >= 0.3 is 5.97 Å². The van der Waals surface area contributed by atoms with Gasteiger partial charge in [0.2, 0.25) is 0 Å². The van der Waals surface area contributed by atoms with E-state index in [2.05, 4.69) is 9.36 Å². The second kappa shape index (κ2) is 5.99. The monoisotopic (exact) mass is 298 g/mol. The van der Waals surface area contributed by atoms with Gasteiger partial charge in [0, 0.05) is 23.0 Å². The summed E-state index contributed by atoms with van der Waals surface area (Å²) in [6.07, 6.45) is 1.71. The number of ether oxygens (including phenoxy) is 1. The molecule has 0 saturated carbocycles. The van der Waals surface area contributed by atoms with E-state index in [4.69, 9.17) is 21.4 Å². The van der Waals surface area contributed by atoms with Crippen LogP contribution in [0.1, 0.15) is 29.5 Å². The van der Waals surface area contributed by atoms with Gasteiger partial charge in [-0.15, -0.1) is 0 Å². The van der Waals surface area contributed by atoms with Crippen LogP contribution in [-0.2, 0) is 6.42 Å². The molecule has 0 atom stereocenters. The van der Waals surface area contributed by atoms with E-state index in [1.807, 2.05) is 6.92 Å². The van der Waals surface area contributed by atoms with E-state index in [1.54, 1.807) is 6.07 Å². The average molecular weight is 299 g/mol. The Morgan fingerprint density at radius 1 is 1.53 bits per heavy atom. The average Bonchev–Trinajstić information content (AvgIpc) is 2.79. The van der Waals surface area contributed by atoms with Crippen molar-refractivity contribution in [2.75, 3.05) is 0 Å². The summed E-state index contributed by atoms with van der Waals surface area (Å²) in [5.74, 6) is -0.194. The number of aryl methyl sites for hydroxylation is 1. The zero-order valence-electron chi connectivity index (χ0n) is 10.1. The van der Waals surface area contributed by atoms with Crippen LogP contribution in [0, 0.1) is 0 Å². The molecule has 1 heterocycles. The first-order valence-electron chi connectivity index (χ1n) is 5.63. The fourth-order valence-electron chi connectivity index (χ4n) is 1.46. The molecule has 0 unspecified atom stereocenters. The minimum Gasteiger partial charge on any atom is -0.478 e. The molecular weight excluding hydrogens is 288 g/mol. The maximum atomic E-state index is 11.1. The molecule has 0 spiro atoms. The number of aromatic nitrogens is 2. The van der Waals surface area contributed by atoms with Crippen LogP contribution < -0.4 is 4.74 Å². The Balaban J connectivity index is 2.24. The summed E-state index contributed by atoms with van der Waals surface area (Å²) < 4.78 is 9.58. The molecule has 0 aliphatic rings. The van der Waals surface area contributed by atoms with Crippen molar-refractivity contribution < 1.29 is 14.6 Å². The zero-order valence-corrected chi connectivity index (χ0v) is 11.7. The highest BCUT2D eigenvalue weighted by atomic mass is 35.5. The third-order valence-electron chi connectivity index (χ3n) is 2.29. The van der Waals surface area contributed by atoms with Crippen molar-refractivity contribution in [3.63, 3.8) is 0 Å². The quantitative estimate of drug-likeness (QED) is 0.912. The molecule has 100 valence electrons. The molecule has 0 aliphatic carbocycles. The molecule has 0 radical (unpaired) electrons. The molecule has 5 nitrogen and oxygen atoms in total. The molecule has 2 aromatic rings. The predicted molar refractivity (Wildman–Crippen MR) is 72.4 cm³/mol. The van der Waals surface area contributed by atoms with Crippen molar-refractivity contribution in [3.05, 3.63) is 34.6 Å². The minimum absolute atomic E-state index is 0.000239. The van der Waals surface area contributed by atoms with Crippen LogP contribution in [0.4, 0.5) is 0 Å². The molecule has 1 N–H and O–H groups in total. The second-order valence-electron chi connectivity index (χ2n) is 3.77. The number of hydrogen-bond acceptors (Lipinski definition) is 5. The maximum Gasteiger partial charge on any atom is 0.339 e. The van der Waals surface area contributed by atoms with Crippen molar-refractivity contribution in [2.24, 2.45) is 0 Å². The van der Waals surface area contributed by atoms with Gasteiger partial charge in [0.05, 0.1) is 0 Å². The van der Waals surface area contributed by atoms with Gasteiger partial charge in [0.1, 0.15) is 17.1 Å². The van der Waals surface area contributed by atoms with E-state index in [9.17, 15) is 4.79 Å². The first kappa shape index (κ1) is 13.8. The Morgan fingerprint density at radius 3 is 3.00 bits per heavy atom. The van der Waals surface area contributed by atoms with E-state index in [-0.39, 0.29) is 11.3 Å². The van der Waals surface area contributed by atoms with Crippen LogP contribution in [0.2, 0.25) is 5.02 Å². The topological polar surface area (TPSA) is 72.3 Å². The third-order valence-corrected chi connectivity index (χ3v) is 3.16. The van der Waals surface area contributed by atoms with Crippen LogP contribution in [0.25, 0.3) is 0 Å². The van der Waals surface area contributed by atoms with Gasteiger partial charge in [-0.2, -0.15) is 9.36 Å². The van der Waals surface area contributed by atoms with E-state index in [0.29, 0.717) is 16.0 Å². The van der Waals surface area contributed by atoms with E-state index >= 15 is 0 Å². The number of halogens is 1. The van der Waals surface area contributed by atoms with Crippen LogP contribution in [0.3, 0.4) is 0 Å². The fourth-order valence-corrected chi connectivity index (χ4v) is 2.22. The molecule has 0 saturated heterocycles. The molecule has 7 heteroatoms. The molecule has 1 aromatic carbocycles. The van der Waals surface area contributed by atoms with E-state index in [1.165, 1.54) is 12.1 Å². The van der Waals surface area contributed by atoms with Gasteiger partial charge in [-0.1, -0.05) is 18.5 Å². The summed E-state index contributed by atoms with van der Waals surface area (Å²) in [4.78, 5) is 15.3. The lowest BCUT2D eigenvalue weighted by Crippen LogP contribution is -2.00. The van der Waals surface area contributed by atoms with Gasteiger partial charge in [0.15, 0.2) is 0 Å². The van der Waals surface area contributed by atoms with E-state index in [0.717, 1.165) is 24.4 Å². The lowest BCUT2D eigenvalue weighted by molar-refractivity contribution is 0.0694. The summed E-state index contributed by atoms with van der Waals surface area (Å²) in [6.45, 7) is 2.03. The number of benzene rings is 1. The van der Waals surface area contributed by atoms with Crippen molar-refractivity contribution in [3.8, 4) is 10.9 Å². The molecule has 2 rings (SSSR count). The second-order valence-corrected chi connectivity index (χ2v) is 4.93. The predicted octanol–water partition coefficient (Wildman–Crippen LogP) is 3.63. The minimum atomic E-state index is -1.10. The largest absolute Gasteiger partial charge is 0.478 e. The van der Waals surface area contributed by atoms with E-state index < -0.39 is 5.97 Å². The first-order valence-corrected chi connectivity index (χ1v) is 6.78. The van der Waals surface area contributed by atoms with Crippen LogP contribution >= 0.6 is 23.1 Å². The summed E-state index contributed by atoms with van der Waals surface area (Å²) in [6, 6.07) is 4.41. The van der Waals surface area contributed by atoms with Gasteiger partial charge in [-0.25, -0.2) is 4.79 Å². The molecule has 19 heavy (non-hydrogen) atoms. The van der Waals surface area contributed by atoms with Crippen LogP contribution in [-0.4, -0.2) is 20.4 Å². The highest BCUT2D eigenvalue weighted by Gasteiger charge is 2.14. The molecule has 1 aromatic heterocycles. The zero-order chi connectivity index (χ0) is 13.8. The van der Waals surface area contributed by atoms with Crippen LogP contribution in [0.5, 0.6) is 10.9 Å². The van der Waals surface area contributed by atoms with Crippen molar-refractivity contribution in [2.45, 2.75) is 19.8 Å². The highest BCUT2D eigenvalue weighted by molar-refractivity contribution is 7.07.